The van der Waals surface area contributed by atoms with Crippen molar-refractivity contribution in [3.8, 4) is 5.75 Å². The number of amides is 4. The number of phenols is 1. The fraction of sp³-hybridized carbons (Fsp3) is 0.379. The number of anilines is 1. The molecule has 0 radical (unpaired) electrons. The minimum absolute atomic E-state index is 0.0911. The Hall–Kier alpha value is -3.59. The third kappa shape index (κ3) is 3.32. The summed E-state index contributed by atoms with van der Waals surface area (Å²) in [6.45, 7) is 3.55. The monoisotopic (exact) mass is 554 g/mol. The van der Waals surface area contributed by atoms with Crippen LogP contribution in [0.15, 0.2) is 48.0 Å². The van der Waals surface area contributed by atoms with Crippen molar-refractivity contribution < 1.29 is 33.1 Å². The summed E-state index contributed by atoms with van der Waals surface area (Å²) in [7, 11) is 0. The predicted molar refractivity (Wildman–Crippen MR) is 136 cm³/mol. The summed E-state index contributed by atoms with van der Waals surface area (Å²) in [5.74, 6) is -7.77. The number of phenolic OH excluding ortho intramolecular Hbond substituents is 1. The molecular formula is C29H25ClF2N2O5. The van der Waals surface area contributed by atoms with E-state index in [1.165, 1.54) is 29.2 Å². The molecule has 0 bridgehead atoms. The zero-order valence-corrected chi connectivity index (χ0v) is 21.9. The molecule has 1 N–H and O–H groups in total. The molecule has 0 aromatic heterocycles. The Kier molecular flexibility index (Phi) is 5.73. The van der Waals surface area contributed by atoms with E-state index in [-0.39, 0.29) is 47.5 Å². The average molecular weight is 555 g/mol. The number of para-hydroxylation sites is 1. The highest BCUT2D eigenvalue weighted by Crippen LogP contribution is 2.64. The van der Waals surface area contributed by atoms with Gasteiger partial charge in [-0.3, -0.25) is 24.1 Å². The maximum absolute atomic E-state index is 14.7. The molecule has 7 nitrogen and oxygen atoms in total. The van der Waals surface area contributed by atoms with Crippen molar-refractivity contribution in [1.29, 1.82) is 0 Å². The third-order valence-electron chi connectivity index (χ3n) is 9.17. The van der Waals surface area contributed by atoms with E-state index >= 15 is 0 Å². The van der Waals surface area contributed by atoms with Crippen LogP contribution in [0.5, 0.6) is 5.75 Å². The van der Waals surface area contributed by atoms with Crippen LogP contribution in [0.25, 0.3) is 0 Å². The summed E-state index contributed by atoms with van der Waals surface area (Å²) in [6, 6.07) is 7.57. The number of imide groups is 2. The summed E-state index contributed by atoms with van der Waals surface area (Å²) in [4.78, 5) is 56.8. The zero-order valence-electron chi connectivity index (χ0n) is 21.2. The van der Waals surface area contributed by atoms with Gasteiger partial charge in [0.1, 0.15) is 5.82 Å². The van der Waals surface area contributed by atoms with Gasteiger partial charge in [-0.1, -0.05) is 35.4 Å². The van der Waals surface area contributed by atoms with E-state index in [0.29, 0.717) is 5.57 Å². The third-order valence-corrected chi connectivity index (χ3v) is 9.46. The molecule has 39 heavy (non-hydrogen) atoms. The number of carbonyl (C=O) groups excluding carboxylic acids is 4. The van der Waals surface area contributed by atoms with E-state index in [2.05, 4.69) is 0 Å². The van der Waals surface area contributed by atoms with Gasteiger partial charge in [0, 0.05) is 18.0 Å². The zero-order chi connectivity index (χ0) is 28.0. The highest BCUT2D eigenvalue weighted by molar-refractivity contribution is 6.31. The fourth-order valence-corrected chi connectivity index (χ4v) is 7.55. The molecule has 2 aliphatic carbocycles. The second-order valence-electron chi connectivity index (χ2n) is 10.9. The summed E-state index contributed by atoms with van der Waals surface area (Å²) in [6.07, 6.45) is 2.19. The summed E-state index contributed by atoms with van der Waals surface area (Å²) in [5.41, 5.74) is -0.612. The molecule has 6 unspecified atom stereocenters. The van der Waals surface area contributed by atoms with Crippen LogP contribution >= 0.6 is 11.6 Å². The Bertz CT molecular complexity index is 1510. The van der Waals surface area contributed by atoms with Gasteiger partial charge in [-0.25, -0.2) is 13.7 Å². The smallest absolute Gasteiger partial charge is 0.241 e. The second-order valence-corrected chi connectivity index (χ2v) is 11.3. The molecule has 10 heteroatoms. The first-order valence-electron chi connectivity index (χ1n) is 12.9. The molecule has 2 saturated heterocycles. The molecule has 1 saturated carbocycles. The van der Waals surface area contributed by atoms with Crippen molar-refractivity contribution in [2.24, 2.45) is 29.1 Å². The van der Waals surface area contributed by atoms with Gasteiger partial charge in [-0.2, -0.15) is 0 Å². The van der Waals surface area contributed by atoms with E-state index in [1.54, 1.807) is 13.8 Å². The number of hydrogen-bond acceptors (Lipinski definition) is 5. The standard InChI is InChI=1S/C29H25ClF2N2O5/c1-3-33-25(36)15-9-8-14-17(22(15)27(33)38)12-18-26(37)34(13-7-10-20(31)19(30)11-13)28(39)29(18,2)23(14)16-5-4-6-21(32)24(16)35/h4-8,10-11,15,17-18,22-23,35H,3,9,12H2,1-2H3. The van der Waals surface area contributed by atoms with Crippen molar-refractivity contribution in [1.82, 2.24) is 4.90 Å². The number of nitrogens with zero attached hydrogens (tertiary/aromatic N) is 2. The van der Waals surface area contributed by atoms with E-state index in [4.69, 9.17) is 11.6 Å². The van der Waals surface area contributed by atoms with Crippen molar-refractivity contribution in [3.63, 3.8) is 0 Å². The number of carbonyl (C=O) groups is 4. The summed E-state index contributed by atoms with van der Waals surface area (Å²) in [5, 5.41) is 10.6. The van der Waals surface area contributed by atoms with Gasteiger partial charge in [-0.05, 0) is 56.9 Å². The van der Waals surface area contributed by atoms with Crippen molar-refractivity contribution in [2.75, 3.05) is 11.4 Å². The number of likely N-dealkylation sites (tertiary alicyclic amines) is 1. The van der Waals surface area contributed by atoms with Crippen LogP contribution in [-0.2, 0) is 19.2 Å². The molecule has 4 aliphatic rings. The van der Waals surface area contributed by atoms with Crippen molar-refractivity contribution in [3.05, 3.63) is 70.3 Å². The molecule has 6 atom stereocenters. The lowest BCUT2D eigenvalue weighted by atomic mass is 9.51. The summed E-state index contributed by atoms with van der Waals surface area (Å²) < 4.78 is 28.6. The Morgan fingerprint density at radius 1 is 1.03 bits per heavy atom. The molecule has 2 aromatic carbocycles. The number of rotatable bonds is 3. The number of benzene rings is 2. The quantitative estimate of drug-likeness (QED) is 0.443. The molecule has 3 fully saturated rings. The topological polar surface area (TPSA) is 95.0 Å². The molecule has 6 rings (SSSR count). The minimum Gasteiger partial charge on any atom is -0.505 e. The van der Waals surface area contributed by atoms with Crippen LogP contribution in [0.3, 0.4) is 0 Å². The largest absolute Gasteiger partial charge is 0.505 e. The number of hydrogen-bond donors (Lipinski definition) is 1. The lowest BCUT2D eigenvalue weighted by Crippen LogP contribution is -2.49. The Morgan fingerprint density at radius 2 is 1.77 bits per heavy atom. The molecule has 2 aliphatic heterocycles. The van der Waals surface area contributed by atoms with Gasteiger partial charge < -0.3 is 5.11 Å². The van der Waals surface area contributed by atoms with E-state index in [0.717, 1.165) is 17.0 Å². The molecule has 4 amide bonds. The van der Waals surface area contributed by atoms with Gasteiger partial charge in [0.05, 0.1) is 33.9 Å². The van der Waals surface area contributed by atoms with Crippen LogP contribution in [-0.4, -0.2) is 40.2 Å². The Labute approximate surface area is 228 Å². The minimum atomic E-state index is -1.46. The van der Waals surface area contributed by atoms with Crippen LogP contribution < -0.4 is 4.90 Å². The predicted octanol–water partition coefficient (Wildman–Crippen LogP) is 4.57. The average Bonchev–Trinajstić information content (AvgIpc) is 3.27. The van der Waals surface area contributed by atoms with Gasteiger partial charge in [0.25, 0.3) is 0 Å². The van der Waals surface area contributed by atoms with Crippen molar-refractivity contribution >= 4 is 40.9 Å². The number of halogens is 3. The first kappa shape index (κ1) is 25.7. The van der Waals surface area contributed by atoms with Crippen LogP contribution in [0, 0.1) is 40.7 Å². The Balaban J connectivity index is 1.55. The molecule has 2 aromatic rings. The SMILES string of the molecule is CCN1C(=O)C2CC=C3C(CC4C(=O)N(c5ccc(F)c(Cl)c5)C(=O)C4(C)C3c3cccc(F)c3O)C2C1=O. The van der Waals surface area contributed by atoms with E-state index < -0.39 is 64.2 Å². The van der Waals surface area contributed by atoms with Gasteiger partial charge in [0.15, 0.2) is 11.6 Å². The highest BCUT2D eigenvalue weighted by atomic mass is 35.5. The molecule has 0 spiro atoms. The number of allylic oxidation sites excluding steroid dienone is 2. The van der Waals surface area contributed by atoms with Crippen LogP contribution in [0.4, 0.5) is 14.5 Å². The highest BCUT2D eigenvalue weighted by Gasteiger charge is 2.67. The Morgan fingerprint density at radius 3 is 2.46 bits per heavy atom. The fourth-order valence-electron chi connectivity index (χ4n) is 7.37. The molecule has 2 heterocycles. The molecule has 202 valence electrons. The van der Waals surface area contributed by atoms with Gasteiger partial charge in [0.2, 0.25) is 23.6 Å². The van der Waals surface area contributed by atoms with Crippen LogP contribution in [0.1, 0.15) is 38.2 Å². The lowest BCUT2D eigenvalue weighted by Gasteiger charge is -2.49. The van der Waals surface area contributed by atoms with Gasteiger partial charge >= 0.3 is 0 Å². The number of aromatic hydroxyl groups is 1. The van der Waals surface area contributed by atoms with Crippen LogP contribution in [0.2, 0.25) is 5.02 Å². The maximum Gasteiger partial charge on any atom is 0.241 e. The van der Waals surface area contributed by atoms with E-state index in [9.17, 15) is 33.1 Å². The summed E-state index contributed by atoms with van der Waals surface area (Å²) >= 11 is 5.97. The molecular weight excluding hydrogens is 530 g/mol. The number of fused-ring (bicyclic) bond motifs is 4. The van der Waals surface area contributed by atoms with Gasteiger partial charge in [-0.15, -0.1) is 0 Å². The second kappa shape index (κ2) is 8.71. The normalized spacial score (nSPS) is 31.8. The lowest BCUT2D eigenvalue weighted by molar-refractivity contribution is -0.140. The van der Waals surface area contributed by atoms with Crippen molar-refractivity contribution in [2.45, 2.75) is 32.6 Å². The first-order chi connectivity index (χ1) is 18.5. The van der Waals surface area contributed by atoms with E-state index in [1.807, 2.05) is 6.08 Å². The first-order valence-corrected chi connectivity index (χ1v) is 13.3. The maximum atomic E-state index is 14.7.